The lowest BCUT2D eigenvalue weighted by Crippen LogP contribution is -2.35. The Kier molecular flexibility index (Phi) is 7.06. The molecule has 7 atom stereocenters. The molecule has 196 valence electrons. The highest BCUT2D eigenvalue weighted by Gasteiger charge is 2.45. The second kappa shape index (κ2) is 9.83. The van der Waals surface area contributed by atoms with Gasteiger partial charge in [-0.25, -0.2) is 4.98 Å². The van der Waals surface area contributed by atoms with Crippen molar-refractivity contribution in [3.05, 3.63) is 23.0 Å². The van der Waals surface area contributed by atoms with Crippen LogP contribution in [0.4, 0.5) is 5.69 Å². The van der Waals surface area contributed by atoms with Gasteiger partial charge in [0, 0.05) is 24.7 Å². The molecule has 2 saturated heterocycles. The molecule has 1 aliphatic carbocycles. The third-order valence-corrected chi connectivity index (χ3v) is 8.88. The minimum atomic E-state index is -4.73. The molecule has 36 heavy (non-hydrogen) atoms. The van der Waals surface area contributed by atoms with Gasteiger partial charge in [0.1, 0.15) is 35.6 Å². The lowest BCUT2D eigenvalue weighted by molar-refractivity contribution is -0.0773. The molecule has 2 aromatic rings. The van der Waals surface area contributed by atoms with Crippen LogP contribution < -0.4 is 4.90 Å². The maximum atomic E-state index is 11.4. The second-order valence-corrected chi connectivity index (χ2v) is 11.8. The molecule has 2 unspecified atom stereocenters. The van der Waals surface area contributed by atoms with Crippen LogP contribution in [0.2, 0.25) is 5.15 Å². The third-order valence-electron chi connectivity index (χ3n) is 7.54. The average molecular weight is 543 g/mol. The number of nitrogens with zero attached hydrogens (tertiary/aromatic N) is 4. The average Bonchev–Trinajstić information content (AvgIpc) is 3.58. The predicted octanol–water partition coefficient (Wildman–Crippen LogP) is 0.930. The maximum absolute atomic E-state index is 11.4. The van der Waals surface area contributed by atoms with Crippen molar-refractivity contribution in [2.45, 2.75) is 49.6 Å². The zero-order valence-electron chi connectivity index (χ0n) is 19.2. The summed E-state index contributed by atoms with van der Waals surface area (Å²) in [7, 11) is -4.73. The minimum Gasteiger partial charge on any atom is -0.393 e. The molecule has 3 fully saturated rings. The summed E-state index contributed by atoms with van der Waals surface area (Å²) < 4.78 is 23.8. The van der Waals surface area contributed by atoms with E-state index in [1.54, 1.807) is 12.3 Å². The Morgan fingerprint density at radius 3 is 2.58 bits per heavy atom. The van der Waals surface area contributed by atoms with E-state index in [0.29, 0.717) is 28.6 Å². The van der Waals surface area contributed by atoms with Gasteiger partial charge in [0.2, 0.25) is 0 Å². The fourth-order valence-electron chi connectivity index (χ4n) is 5.73. The zero-order valence-corrected chi connectivity index (χ0v) is 20.9. The van der Waals surface area contributed by atoms with Crippen LogP contribution in [0, 0.1) is 23.2 Å². The van der Waals surface area contributed by atoms with Gasteiger partial charge in [-0.3, -0.25) is 4.57 Å². The van der Waals surface area contributed by atoms with E-state index in [4.69, 9.17) is 21.1 Å². The van der Waals surface area contributed by atoms with Crippen molar-refractivity contribution >= 4 is 35.9 Å². The molecule has 0 spiro atoms. The lowest BCUT2D eigenvalue weighted by atomic mass is 10.0. The van der Waals surface area contributed by atoms with Crippen LogP contribution in [-0.4, -0.2) is 85.1 Å². The molecule has 2 aromatic heterocycles. The topological polar surface area (TPSA) is 182 Å². The van der Waals surface area contributed by atoms with Crippen molar-refractivity contribution in [2.24, 2.45) is 11.8 Å². The van der Waals surface area contributed by atoms with Gasteiger partial charge in [-0.15, -0.1) is 0 Å². The Bertz CT molecular complexity index is 1220. The Hall–Kier alpha value is -1.78. The van der Waals surface area contributed by atoms with Gasteiger partial charge in [0.05, 0.1) is 18.9 Å². The van der Waals surface area contributed by atoms with Gasteiger partial charge >= 0.3 is 7.60 Å². The summed E-state index contributed by atoms with van der Waals surface area (Å²) in [6.07, 6.45) is 0.0893. The molecule has 5 rings (SSSR count). The third kappa shape index (κ3) is 4.43. The quantitative estimate of drug-likeness (QED) is 0.248. The molecule has 4 heterocycles. The van der Waals surface area contributed by atoms with Crippen LogP contribution in [0.3, 0.4) is 0 Å². The van der Waals surface area contributed by atoms with Crippen LogP contribution in [0.25, 0.3) is 11.0 Å². The molecule has 12 nitrogen and oxygen atoms in total. The van der Waals surface area contributed by atoms with Gasteiger partial charge in [-0.2, -0.15) is 5.26 Å². The fourth-order valence-corrected chi connectivity index (χ4v) is 6.44. The summed E-state index contributed by atoms with van der Waals surface area (Å²) >= 11 is 6.44. The molecule has 1 saturated carbocycles. The number of halogens is 1. The standard InChI is InChI=1S/C22H28ClN4O8P/c23-20-14(6-24)17(26-7-11-2-1-3-12(11)8-26)13-4-5-27(21(13)25-20)22-19(30)18(29)15(35-22)10-34-16(9-28)36(31,32)33/h4-5,11-12,15-16,18-19,22,28-30H,1-3,7-10H2,(H2,31,32,33)/t11?,12?,15-,16+,18-,19-,22-/m1/s1. The van der Waals surface area contributed by atoms with Crippen LogP contribution in [0.15, 0.2) is 12.3 Å². The highest BCUT2D eigenvalue weighted by atomic mass is 35.5. The summed E-state index contributed by atoms with van der Waals surface area (Å²) in [4.78, 5) is 25.1. The number of hydrogen-bond acceptors (Lipinski definition) is 9. The molecule has 14 heteroatoms. The van der Waals surface area contributed by atoms with E-state index in [9.17, 15) is 34.9 Å². The minimum absolute atomic E-state index is 0.0253. The van der Waals surface area contributed by atoms with Crippen molar-refractivity contribution in [1.29, 1.82) is 5.26 Å². The summed E-state index contributed by atoms with van der Waals surface area (Å²) in [5.74, 6) is -0.621. The fraction of sp³-hybridized carbons (Fsp3) is 0.636. The van der Waals surface area contributed by atoms with Gasteiger partial charge in [0.15, 0.2) is 17.2 Å². The van der Waals surface area contributed by atoms with E-state index in [1.165, 1.54) is 11.0 Å². The van der Waals surface area contributed by atoms with Crippen LogP contribution in [0.5, 0.6) is 0 Å². The van der Waals surface area contributed by atoms with Crippen LogP contribution >= 0.6 is 19.2 Å². The van der Waals surface area contributed by atoms with Crippen molar-refractivity contribution in [3.8, 4) is 6.07 Å². The number of aliphatic hydroxyl groups is 3. The number of nitriles is 1. The molecule has 0 aromatic carbocycles. The number of aliphatic hydroxyl groups excluding tert-OH is 3. The van der Waals surface area contributed by atoms with Gasteiger partial charge < -0.3 is 44.0 Å². The molecule has 5 N–H and O–H groups in total. The van der Waals surface area contributed by atoms with E-state index in [0.717, 1.165) is 25.9 Å². The summed E-state index contributed by atoms with van der Waals surface area (Å²) in [5, 5.41) is 41.0. The van der Waals surface area contributed by atoms with E-state index < -0.39 is 51.2 Å². The molecule has 0 bridgehead atoms. The molecular formula is C22H28ClN4O8P. The van der Waals surface area contributed by atoms with Crippen molar-refractivity contribution in [1.82, 2.24) is 9.55 Å². The number of aromatic nitrogens is 2. The van der Waals surface area contributed by atoms with Crippen molar-refractivity contribution in [2.75, 3.05) is 31.2 Å². The zero-order chi connectivity index (χ0) is 25.8. The lowest BCUT2D eigenvalue weighted by Gasteiger charge is -2.23. The SMILES string of the molecule is N#Cc1c(Cl)nc2c(ccn2[C@@H]2O[C@H](CO[C@H](CO)P(=O)(O)O)[C@@H](O)[C@H]2O)c1N1CC2CCCC2C1. The largest absolute Gasteiger partial charge is 0.393 e. The van der Waals surface area contributed by atoms with Gasteiger partial charge in [0.25, 0.3) is 0 Å². The first-order valence-electron chi connectivity index (χ1n) is 11.8. The number of ether oxygens (including phenoxy) is 2. The number of pyridine rings is 1. The van der Waals surface area contributed by atoms with Crippen LogP contribution in [-0.2, 0) is 14.0 Å². The summed E-state index contributed by atoms with van der Waals surface area (Å²) in [6, 6.07) is 3.95. The number of anilines is 1. The van der Waals surface area contributed by atoms with Gasteiger partial charge in [-0.1, -0.05) is 18.0 Å². The van der Waals surface area contributed by atoms with E-state index >= 15 is 0 Å². The molecule has 0 amide bonds. The van der Waals surface area contributed by atoms with E-state index in [1.807, 2.05) is 0 Å². The first-order chi connectivity index (χ1) is 17.1. The highest BCUT2D eigenvalue weighted by molar-refractivity contribution is 7.52. The Morgan fingerprint density at radius 2 is 1.97 bits per heavy atom. The summed E-state index contributed by atoms with van der Waals surface area (Å²) in [5.41, 5.74) is 1.35. The van der Waals surface area contributed by atoms with E-state index in [2.05, 4.69) is 16.0 Å². The van der Waals surface area contributed by atoms with Crippen LogP contribution in [0.1, 0.15) is 31.1 Å². The number of fused-ring (bicyclic) bond motifs is 2. The maximum Gasteiger partial charge on any atom is 0.356 e. The first-order valence-corrected chi connectivity index (χ1v) is 13.8. The Morgan fingerprint density at radius 1 is 1.28 bits per heavy atom. The number of rotatable bonds is 7. The monoisotopic (exact) mass is 542 g/mol. The highest BCUT2D eigenvalue weighted by Crippen LogP contribution is 2.45. The number of hydrogen-bond donors (Lipinski definition) is 5. The molecular weight excluding hydrogens is 515 g/mol. The predicted molar refractivity (Wildman–Crippen MR) is 127 cm³/mol. The Balaban J connectivity index is 1.44. The molecule has 3 aliphatic rings. The second-order valence-electron chi connectivity index (χ2n) is 9.66. The Labute approximate surface area is 211 Å². The smallest absolute Gasteiger partial charge is 0.356 e. The van der Waals surface area contributed by atoms with Crippen molar-refractivity contribution in [3.63, 3.8) is 0 Å². The normalized spacial score (nSPS) is 31.2. The first kappa shape index (κ1) is 25.9. The molecule has 2 aliphatic heterocycles. The van der Waals surface area contributed by atoms with Crippen molar-refractivity contribution < 1.29 is 39.1 Å². The molecule has 0 radical (unpaired) electrons. The van der Waals surface area contributed by atoms with E-state index in [-0.39, 0.29) is 10.7 Å². The summed E-state index contributed by atoms with van der Waals surface area (Å²) in [6.45, 7) is 0.253. The van der Waals surface area contributed by atoms with Gasteiger partial charge in [-0.05, 0) is 30.7 Å².